The first-order valence-corrected chi connectivity index (χ1v) is 6.04. The summed E-state index contributed by atoms with van der Waals surface area (Å²) >= 11 is 0. The van der Waals surface area contributed by atoms with Crippen molar-refractivity contribution in [3.8, 4) is 0 Å². The Labute approximate surface area is 93.4 Å². The minimum atomic E-state index is 0.383. The molecule has 0 N–H and O–H groups in total. The first-order chi connectivity index (χ1) is 7.13. The third kappa shape index (κ3) is 4.31. The van der Waals surface area contributed by atoms with Gasteiger partial charge in [-0.1, -0.05) is 6.92 Å². The summed E-state index contributed by atoms with van der Waals surface area (Å²) in [5.74, 6) is 0.383. The maximum absolute atomic E-state index is 11.5. The molecule has 0 radical (unpaired) electrons. The number of likely N-dealkylation sites (N-methyl/N-ethyl adjacent to an activating group) is 2. The fourth-order valence-electron chi connectivity index (χ4n) is 2.26. The number of hydrogen-bond acceptors (Lipinski definition) is 3. The van der Waals surface area contributed by atoms with Gasteiger partial charge in [0.1, 0.15) is 5.78 Å². The van der Waals surface area contributed by atoms with Crippen LogP contribution in [0, 0.1) is 0 Å². The van der Waals surface area contributed by atoms with E-state index < -0.39 is 0 Å². The molecule has 1 heterocycles. The number of likely N-dealkylation sites (tertiary alicyclic amines) is 1. The van der Waals surface area contributed by atoms with Crippen molar-refractivity contribution in [2.75, 3.05) is 33.7 Å². The Morgan fingerprint density at radius 1 is 1.53 bits per heavy atom. The number of Topliss-reactive ketones (excluding diaryl/α,β-unsaturated/α-hetero) is 1. The minimum Gasteiger partial charge on any atom is -0.305 e. The smallest absolute Gasteiger partial charge is 0.146 e. The minimum absolute atomic E-state index is 0.383. The van der Waals surface area contributed by atoms with Crippen LogP contribution < -0.4 is 0 Å². The maximum Gasteiger partial charge on any atom is 0.146 e. The van der Waals surface area contributed by atoms with Crippen LogP contribution in [0.3, 0.4) is 0 Å². The molecule has 0 bridgehead atoms. The summed E-state index contributed by atoms with van der Waals surface area (Å²) in [6.45, 7) is 5.00. The van der Waals surface area contributed by atoms with Gasteiger partial charge in [0.25, 0.3) is 0 Å². The zero-order valence-corrected chi connectivity index (χ0v) is 10.3. The summed E-state index contributed by atoms with van der Waals surface area (Å²) in [5, 5.41) is 0. The number of hydrogen-bond donors (Lipinski definition) is 0. The van der Waals surface area contributed by atoms with Gasteiger partial charge in [0, 0.05) is 19.0 Å². The highest BCUT2D eigenvalue weighted by Crippen LogP contribution is 2.13. The Morgan fingerprint density at radius 2 is 2.27 bits per heavy atom. The van der Waals surface area contributed by atoms with Crippen LogP contribution in [-0.4, -0.2) is 55.4 Å². The topological polar surface area (TPSA) is 23.6 Å². The lowest BCUT2D eigenvalue weighted by Gasteiger charge is -2.35. The molecule has 1 atom stereocenters. The van der Waals surface area contributed by atoms with Crippen molar-refractivity contribution >= 4 is 5.78 Å². The zero-order valence-electron chi connectivity index (χ0n) is 10.3. The molecule has 1 rings (SSSR count). The van der Waals surface area contributed by atoms with Gasteiger partial charge in [0.05, 0.1) is 6.54 Å². The van der Waals surface area contributed by atoms with Gasteiger partial charge < -0.3 is 4.90 Å². The van der Waals surface area contributed by atoms with Gasteiger partial charge in [-0.25, -0.2) is 0 Å². The Kier molecular flexibility index (Phi) is 5.26. The average Bonchev–Trinajstić information content (AvgIpc) is 2.18. The van der Waals surface area contributed by atoms with Crippen molar-refractivity contribution in [1.82, 2.24) is 9.80 Å². The van der Waals surface area contributed by atoms with Crippen LogP contribution in [0.1, 0.15) is 32.6 Å². The van der Waals surface area contributed by atoms with Gasteiger partial charge >= 0.3 is 0 Å². The molecule has 0 saturated carbocycles. The molecule has 15 heavy (non-hydrogen) atoms. The van der Waals surface area contributed by atoms with Gasteiger partial charge in [-0.3, -0.25) is 9.69 Å². The third-order valence-electron chi connectivity index (χ3n) is 3.18. The van der Waals surface area contributed by atoms with Gasteiger partial charge in [-0.15, -0.1) is 0 Å². The predicted octanol–water partition coefficient (Wildman–Crippen LogP) is 1.38. The van der Waals surface area contributed by atoms with Crippen LogP contribution >= 0.6 is 0 Å². The van der Waals surface area contributed by atoms with E-state index in [0.717, 1.165) is 19.4 Å². The van der Waals surface area contributed by atoms with Crippen LogP contribution in [-0.2, 0) is 4.79 Å². The Hall–Kier alpha value is -0.410. The normalized spacial score (nSPS) is 23.3. The number of carbonyl (C=O) groups is 1. The van der Waals surface area contributed by atoms with Crippen molar-refractivity contribution in [1.29, 1.82) is 0 Å². The second kappa shape index (κ2) is 6.23. The molecule has 1 saturated heterocycles. The van der Waals surface area contributed by atoms with Crippen molar-refractivity contribution < 1.29 is 4.79 Å². The van der Waals surface area contributed by atoms with Crippen molar-refractivity contribution in [2.24, 2.45) is 0 Å². The van der Waals surface area contributed by atoms with E-state index in [2.05, 4.69) is 30.8 Å². The SMILES string of the molecule is CCCC(=O)CN(C)C1CCCN(C)C1. The fourth-order valence-corrected chi connectivity index (χ4v) is 2.26. The molecule has 1 fully saturated rings. The molecular formula is C12H24N2O. The quantitative estimate of drug-likeness (QED) is 0.688. The maximum atomic E-state index is 11.5. The molecule has 1 aliphatic heterocycles. The summed E-state index contributed by atoms with van der Waals surface area (Å²) in [6.07, 6.45) is 4.19. The largest absolute Gasteiger partial charge is 0.305 e. The highest BCUT2D eigenvalue weighted by Gasteiger charge is 2.21. The summed E-state index contributed by atoms with van der Waals surface area (Å²) in [4.78, 5) is 16.1. The molecule has 1 aliphatic rings. The first kappa shape index (κ1) is 12.7. The number of nitrogens with zero attached hydrogens (tertiary/aromatic N) is 2. The number of carbonyl (C=O) groups excluding carboxylic acids is 1. The lowest BCUT2D eigenvalue weighted by atomic mass is 10.0. The van der Waals surface area contributed by atoms with E-state index in [4.69, 9.17) is 0 Å². The van der Waals surface area contributed by atoms with E-state index >= 15 is 0 Å². The van der Waals surface area contributed by atoms with E-state index in [-0.39, 0.29) is 0 Å². The van der Waals surface area contributed by atoms with Crippen LogP contribution in [0.15, 0.2) is 0 Å². The lowest BCUT2D eigenvalue weighted by molar-refractivity contribution is -0.120. The van der Waals surface area contributed by atoms with E-state index in [9.17, 15) is 4.79 Å². The zero-order chi connectivity index (χ0) is 11.3. The Balaban J connectivity index is 2.32. The van der Waals surface area contributed by atoms with Crippen LogP contribution in [0.25, 0.3) is 0 Å². The molecule has 88 valence electrons. The fraction of sp³-hybridized carbons (Fsp3) is 0.917. The van der Waals surface area contributed by atoms with Crippen molar-refractivity contribution in [3.05, 3.63) is 0 Å². The molecule has 3 heteroatoms. The molecule has 0 aromatic rings. The van der Waals surface area contributed by atoms with Gasteiger partial charge in [0.15, 0.2) is 0 Å². The Morgan fingerprint density at radius 3 is 2.87 bits per heavy atom. The molecule has 1 unspecified atom stereocenters. The van der Waals surface area contributed by atoms with Gasteiger partial charge in [0.2, 0.25) is 0 Å². The van der Waals surface area contributed by atoms with Crippen LogP contribution in [0.2, 0.25) is 0 Å². The van der Waals surface area contributed by atoms with E-state index in [1.807, 2.05) is 0 Å². The summed E-state index contributed by atoms with van der Waals surface area (Å²) in [6, 6.07) is 0.574. The highest BCUT2D eigenvalue weighted by atomic mass is 16.1. The van der Waals surface area contributed by atoms with E-state index in [0.29, 0.717) is 18.4 Å². The van der Waals surface area contributed by atoms with E-state index in [1.165, 1.54) is 19.4 Å². The Bertz CT molecular complexity index is 206. The monoisotopic (exact) mass is 212 g/mol. The molecular weight excluding hydrogens is 188 g/mol. The van der Waals surface area contributed by atoms with Gasteiger partial charge in [-0.05, 0) is 39.9 Å². The molecule has 3 nitrogen and oxygen atoms in total. The predicted molar refractivity (Wildman–Crippen MR) is 63.1 cm³/mol. The van der Waals surface area contributed by atoms with E-state index in [1.54, 1.807) is 0 Å². The highest BCUT2D eigenvalue weighted by molar-refractivity contribution is 5.80. The average molecular weight is 212 g/mol. The second-order valence-corrected chi connectivity index (χ2v) is 4.76. The van der Waals surface area contributed by atoms with Crippen LogP contribution in [0.5, 0.6) is 0 Å². The second-order valence-electron chi connectivity index (χ2n) is 4.76. The van der Waals surface area contributed by atoms with Gasteiger partial charge in [-0.2, -0.15) is 0 Å². The van der Waals surface area contributed by atoms with Crippen molar-refractivity contribution in [2.45, 2.75) is 38.6 Å². The molecule has 0 aromatic heterocycles. The number of piperidine rings is 1. The number of ketones is 1. The first-order valence-electron chi connectivity index (χ1n) is 6.04. The van der Waals surface area contributed by atoms with Crippen LogP contribution in [0.4, 0.5) is 0 Å². The van der Waals surface area contributed by atoms with Crippen molar-refractivity contribution in [3.63, 3.8) is 0 Å². The third-order valence-corrected chi connectivity index (χ3v) is 3.18. The lowest BCUT2D eigenvalue weighted by Crippen LogP contribution is -2.46. The molecule has 0 aliphatic carbocycles. The standard InChI is InChI=1S/C12H24N2O/c1-4-6-12(15)10-14(3)11-7-5-8-13(2)9-11/h11H,4-10H2,1-3H3. The molecule has 0 amide bonds. The summed E-state index contributed by atoms with van der Waals surface area (Å²) in [5.41, 5.74) is 0. The molecule has 0 aromatic carbocycles. The number of rotatable bonds is 5. The molecule has 0 spiro atoms. The summed E-state index contributed by atoms with van der Waals surface area (Å²) in [7, 11) is 4.24. The summed E-state index contributed by atoms with van der Waals surface area (Å²) < 4.78 is 0.